The van der Waals surface area contributed by atoms with Crippen LogP contribution < -0.4 is 5.32 Å². The number of hydrogen-bond acceptors (Lipinski definition) is 3. The Morgan fingerprint density at radius 1 is 1.15 bits per heavy atom. The molecule has 1 saturated carbocycles. The Hall–Kier alpha value is -0.120. The Bertz CT molecular complexity index is 265. The van der Waals surface area contributed by atoms with Crippen LogP contribution in [0.2, 0.25) is 0 Å². The lowest BCUT2D eigenvalue weighted by Gasteiger charge is -2.41. The number of likely N-dealkylation sites (tertiary alicyclic amines) is 1. The van der Waals surface area contributed by atoms with Gasteiger partial charge in [0.25, 0.3) is 0 Å². The monoisotopic (exact) mass is 281 g/mol. The SMILES string of the molecule is CCNCC1(CN(C)C2CCN(CC)CC2)CCCC1. The molecule has 2 fully saturated rings. The molecule has 20 heavy (non-hydrogen) atoms. The molecule has 0 aromatic carbocycles. The van der Waals surface area contributed by atoms with E-state index in [-0.39, 0.29) is 0 Å². The zero-order chi connectivity index (χ0) is 14.4. The lowest BCUT2D eigenvalue weighted by molar-refractivity contribution is 0.0877. The molecule has 3 heteroatoms. The van der Waals surface area contributed by atoms with Crippen LogP contribution in [0.5, 0.6) is 0 Å². The molecule has 0 amide bonds. The first-order valence-electron chi connectivity index (χ1n) is 8.82. The largest absolute Gasteiger partial charge is 0.316 e. The van der Waals surface area contributed by atoms with Crippen LogP contribution >= 0.6 is 0 Å². The minimum absolute atomic E-state index is 0.562. The summed E-state index contributed by atoms with van der Waals surface area (Å²) in [6.45, 7) is 12.0. The standard InChI is InChI=1S/C17H35N3/c1-4-18-14-17(10-6-7-11-17)15-19(3)16-8-12-20(5-2)13-9-16/h16,18H,4-15H2,1-3H3. The van der Waals surface area contributed by atoms with Gasteiger partial charge in [0.15, 0.2) is 0 Å². The molecule has 0 radical (unpaired) electrons. The van der Waals surface area contributed by atoms with Crippen LogP contribution in [0, 0.1) is 5.41 Å². The fraction of sp³-hybridized carbons (Fsp3) is 1.00. The van der Waals surface area contributed by atoms with Crippen LogP contribution in [0.25, 0.3) is 0 Å². The highest BCUT2D eigenvalue weighted by atomic mass is 15.2. The topological polar surface area (TPSA) is 18.5 Å². The van der Waals surface area contributed by atoms with E-state index in [1.54, 1.807) is 0 Å². The second kappa shape index (κ2) is 7.77. The summed E-state index contributed by atoms with van der Waals surface area (Å²) in [5.41, 5.74) is 0.562. The zero-order valence-electron chi connectivity index (χ0n) is 14.0. The Labute approximate surface area is 126 Å². The average Bonchev–Trinajstić information content (AvgIpc) is 2.94. The summed E-state index contributed by atoms with van der Waals surface area (Å²) in [7, 11) is 2.37. The molecule has 0 unspecified atom stereocenters. The van der Waals surface area contributed by atoms with E-state index in [9.17, 15) is 0 Å². The van der Waals surface area contributed by atoms with Crippen molar-refractivity contribution in [2.45, 2.75) is 58.4 Å². The van der Waals surface area contributed by atoms with Crippen LogP contribution in [0.15, 0.2) is 0 Å². The van der Waals surface area contributed by atoms with Gasteiger partial charge in [-0.1, -0.05) is 26.7 Å². The van der Waals surface area contributed by atoms with Crippen molar-refractivity contribution < 1.29 is 0 Å². The maximum absolute atomic E-state index is 3.62. The molecule has 1 N–H and O–H groups in total. The van der Waals surface area contributed by atoms with E-state index >= 15 is 0 Å². The van der Waals surface area contributed by atoms with Crippen LogP contribution in [0.3, 0.4) is 0 Å². The van der Waals surface area contributed by atoms with Gasteiger partial charge in [-0.15, -0.1) is 0 Å². The van der Waals surface area contributed by atoms with Crippen LogP contribution in [0.4, 0.5) is 0 Å². The maximum Gasteiger partial charge on any atom is 0.0117 e. The Balaban J connectivity index is 1.83. The molecular formula is C17H35N3. The Morgan fingerprint density at radius 3 is 2.35 bits per heavy atom. The molecule has 118 valence electrons. The fourth-order valence-electron chi connectivity index (χ4n) is 4.24. The summed E-state index contributed by atoms with van der Waals surface area (Å²) in [4.78, 5) is 5.28. The van der Waals surface area contributed by atoms with Gasteiger partial charge in [-0.25, -0.2) is 0 Å². The van der Waals surface area contributed by atoms with Gasteiger partial charge in [0.1, 0.15) is 0 Å². The third-order valence-corrected chi connectivity index (χ3v) is 5.63. The quantitative estimate of drug-likeness (QED) is 0.774. The summed E-state index contributed by atoms with van der Waals surface area (Å²) in [5, 5.41) is 3.62. The van der Waals surface area contributed by atoms with E-state index in [0.29, 0.717) is 5.41 Å². The molecular weight excluding hydrogens is 246 g/mol. The van der Waals surface area contributed by atoms with Gasteiger partial charge < -0.3 is 15.1 Å². The molecule has 2 rings (SSSR count). The predicted octanol–water partition coefficient (Wildman–Crippen LogP) is 2.57. The highest BCUT2D eigenvalue weighted by molar-refractivity contribution is 4.91. The molecule has 1 aliphatic carbocycles. The summed E-state index contributed by atoms with van der Waals surface area (Å²) in [6, 6.07) is 0.817. The van der Waals surface area contributed by atoms with Crippen molar-refractivity contribution in [1.82, 2.24) is 15.1 Å². The first-order valence-corrected chi connectivity index (χ1v) is 8.82. The van der Waals surface area contributed by atoms with Gasteiger partial charge in [-0.05, 0) is 64.3 Å². The van der Waals surface area contributed by atoms with Gasteiger partial charge in [0.2, 0.25) is 0 Å². The van der Waals surface area contributed by atoms with Crippen LogP contribution in [-0.4, -0.2) is 62.2 Å². The molecule has 2 aliphatic rings. The first-order chi connectivity index (χ1) is 9.69. The van der Waals surface area contributed by atoms with Crippen molar-refractivity contribution in [3.63, 3.8) is 0 Å². The van der Waals surface area contributed by atoms with Crippen molar-refractivity contribution in [1.29, 1.82) is 0 Å². The number of rotatable bonds is 7. The average molecular weight is 281 g/mol. The van der Waals surface area contributed by atoms with Crippen LogP contribution in [0.1, 0.15) is 52.4 Å². The number of piperidine rings is 1. The molecule has 0 bridgehead atoms. The van der Waals surface area contributed by atoms with Gasteiger partial charge in [0.05, 0.1) is 0 Å². The molecule has 0 spiro atoms. The fourth-order valence-corrected chi connectivity index (χ4v) is 4.24. The summed E-state index contributed by atoms with van der Waals surface area (Å²) in [6.07, 6.45) is 8.46. The second-order valence-electron chi connectivity index (χ2n) is 7.07. The molecule has 0 atom stereocenters. The summed E-state index contributed by atoms with van der Waals surface area (Å²) in [5.74, 6) is 0. The van der Waals surface area contributed by atoms with Gasteiger partial charge >= 0.3 is 0 Å². The number of hydrogen-bond donors (Lipinski definition) is 1. The third kappa shape index (κ3) is 4.19. The predicted molar refractivity (Wildman–Crippen MR) is 87.2 cm³/mol. The van der Waals surface area contributed by atoms with Gasteiger partial charge in [-0.2, -0.15) is 0 Å². The molecule has 1 aliphatic heterocycles. The van der Waals surface area contributed by atoms with E-state index in [2.05, 4.69) is 36.0 Å². The van der Waals surface area contributed by atoms with E-state index in [1.807, 2.05) is 0 Å². The molecule has 1 saturated heterocycles. The van der Waals surface area contributed by atoms with E-state index in [0.717, 1.165) is 12.6 Å². The zero-order valence-corrected chi connectivity index (χ0v) is 14.0. The van der Waals surface area contributed by atoms with Gasteiger partial charge in [-0.3, -0.25) is 0 Å². The van der Waals surface area contributed by atoms with E-state index in [4.69, 9.17) is 0 Å². The molecule has 0 aromatic heterocycles. The lowest BCUT2D eigenvalue weighted by Crippen LogP contribution is -2.48. The summed E-state index contributed by atoms with van der Waals surface area (Å²) >= 11 is 0. The molecule has 3 nitrogen and oxygen atoms in total. The maximum atomic E-state index is 3.62. The normalized spacial score (nSPS) is 24.6. The minimum Gasteiger partial charge on any atom is -0.316 e. The van der Waals surface area contributed by atoms with Crippen molar-refractivity contribution in [3.05, 3.63) is 0 Å². The van der Waals surface area contributed by atoms with Crippen molar-refractivity contribution in [2.75, 3.05) is 46.3 Å². The highest BCUT2D eigenvalue weighted by Gasteiger charge is 2.36. The van der Waals surface area contributed by atoms with Gasteiger partial charge in [0, 0.05) is 19.1 Å². The molecule has 0 aromatic rings. The van der Waals surface area contributed by atoms with Crippen LogP contribution in [-0.2, 0) is 0 Å². The smallest absolute Gasteiger partial charge is 0.0117 e. The Kier molecular flexibility index (Phi) is 6.31. The summed E-state index contributed by atoms with van der Waals surface area (Å²) < 4.78 is 0. The lowest BCUT2D eigenvalue weighted by atomic mass is 9.84. The van der Waals surface area contributed by atoms with Crippen molar-refractivity contribution in [3.8, 4) is 0 Å². The van der Waals surface area contributed by atoms with E-state index < -0.39 is 0 Å². The van der Waals surface area contributed by atoms with Crippen molar-refractivity contribution >= 4 is 0 Å². The number of nitrogens with zero attached hydrogens (tertiary/aromatic N) is 2. The minimum atomic E-state index is 0.562. The second-order valence-corrected chi connectivity index (χ2v) is 7.07. The first kappa shape index (κ1) is 16.3. The third-order valence-electron chi connectivity index (χ3n) is 5.63. The molecule has 1 heterocycles. The Morgan fingerprint density at radius 2 is 1.80 bits per heavy atom. The highest BCUT2D eigenvalue weighted by Crippen LogP contribution is 2.38. The van der Waals surface area contributed by atoms with Crippen molar-refractivity contribution in [2.24, 2.45) is 5.41 Å². The van der Waals surface area contributed by atoms with E-state index in [1.165, 1.54) is 71.2 Å². The number of nitrogens with one attached hydrogen (secondary N) is 1.